The highest BCUT2D eigenvalue weighted by atomic mass is 35.5. The number of carbonyl (C=O) groups is 2. The van der Waals surface area contributed by atoms with Gasteiger partial charge in [0.1, 0.15) is 12.4 Å². The van der Waals surface area contributed by atoms with Crippen molar-refractivity contribution in [2.45, 2.75) is 13.0 Å². The average molecular weight is 345 g/mol. The van der Waals surface area contributed by atoms with E-state index in [2.05, 4.69) is 4.98 Å². The lowest BCUT2D eigenvalue weighted by Gasteiger charge is -2.39. The first kappa shape index (κ1) is 16.3. The zero-order valence-corrected chi connectivity index (χ0v) is 13.9. The SMILES string of the molecule is CC1CN(c2ccc(Cl)cc2)C(=O)CN1C(=O)c1ccc(N)nc1. The highest BCUT2D eigenvalue weighted by molar-refractivity contribution is 6.30. The summed E-state index contributed by atoms with van der Waals surface area (Å²) in [4.78, 5) is 32.3. The van der Waals surface area contributed by atoms with Gasteiger partial charge in [-0.05, 0) is 43.3 Å². The van der Waals surface area contributed by atoms with Crippen molar-refractivity contribution in [3.05, 3.63) is 53.2 Å². The topological polar surface area (TPSA) is 79.5 Å². The predicted octanol–water partition coefficient (Wildman–Crippen LogP) is 2.19. The minimum atomic E-state index is -0.223. The first-order valence-corrected chi connectivity index (χ1v) is 7.92. The summed E-state index contributed by atoms with van der Waals surface area (Å²) in [6.07, 6.45) is 1.43. The number of halogens is 1. The zero-order valence-electron chi connectivity index (χ0n) is 13.1. The van der Waals surface area contributed by atoms with Crippen LogP contribution in [0.2, 0.25) is 5.02 Å². The molecule has 2 N–H and O–H groups in total. The van der Waals surface area contributed by atoms with E-state index in [1.165, 1.54) is 6.20 Å². The lowest BCUT2D eigenvalue weighted by molar-refractivity contribution is -0.121. The number of pyridine rings is 1. The van der Waals surface area contributed by atoms with Crippen molar-refractivity contribution < 1.29 is 9.59 Å². The molecule has 1 aromatic carbocycles. The van der Waals surface area contributed by atoms with Crippen LogP contribution in [0.4, 0.5) is 11.5 Å². The first-order valence-electron chi connectivity index (χ1n) is 7.54. The Balaban J connectivity index is 1.77. The van der Waals surface area contributed by atoms with E-state index in [9.17, 15) is 9.59 Å². The number of benzene rings is 1. The molecular weight excluding hydrogens is 328 g/mol. The zero-order chi connectivity index (χ0) is 17.3. The molecule has 6 nitrogen and oxygen atoms in total. The number of nitrogens with two attached hydrogens (primary N) is 1. The summed E-state index contributed by atoms with van der Waals surface area (Å²) in [6, 6.07) is 10.2. The molecule has 1 aliphatic heterocycles. The molecule has 0 spiro atoms. The van der Waals surface area contributed by atoms with Crippen molar-refractivity contribution in [3.63, 3.8) is 0 Å². The van der Waals surface area contributed by atoms with Gasteiger partial charge in [0, 0.05) is 29.5 Å². The number of nitrogens with zero attached hydrogens (tertiary/aromatic N) is 3. The Morgan fingerprint density at radius 2 is 1.96 bits per heavy atom. The molecule has 1 aromatic heterocycles. The van der Waals surface area contributed by atoms with Crippen LogP contribution in [0.15, 0.2) is 42.6 Å². The van der Waals surface area contributed by atoms with Crippen LogP contribution in [0.25, 0.3) is 0 Å². The van der Waals surface area contributed by atoms with Gasteiger partial charge in [0.05, 0.1) is 5.56 Å². The van der Waals surface area contributed by atoms with Gasteiger partial charge in [-0.3, -0.25) is 9.59 Å². The predicted molar refractivity (Wildman–Crippen MR) is 93.0 cm³/mol. The molecule has 3 rings (SSSR count). The molecule has 1 aliphatic rings. The summed E-state index contributed by atoms with van der Waals surface area (Å²) >= 11 is 5.89. The highest BCUT2D eigenvalue weighted by Gasteiger charge is 2.33. The summed E-state index contributed by atoms with van der Waals surface area (Å²) in [6.45, 7) is 2.36. The first-order chi connectivity index (χ1) is 11.5. The van der Waals surface area contributed by atoms with Gasteiger partial charge in [0.15, 0.2) is 0 Å². The molecule has 24 heavy (non-hydrogen) atoms. The summed E-state index contributed by atoms with van der Waals surface area (Å²) in [7, 11) is 0. The summed E-state index contributed by atoms with van der Waals surface area (Å²) in [5, 5.41) is 0.615. The van der Waals surface area contributed by atoms with E-state index in [1.807, 2.05) is 6.92 Å². The molecule has 1 saturated heterocycles. The van der Waals surface area contributed by atoms with Gasteiger partial charge >= 0.3 is 0 Å². The van der Waals surface area contributed by atoms with E-state index in [4.69, 9.17) is 17.3 Å². The molecule has 124 valence electrons. The monoisotopic (exact) mass is 344 g/mol. The van der Waals surface area contributed by atoms with E-state index in [0.717, 1.165) is 5.69 Å². The fraction of sp³-hybridized carbons (Fsp3) is 0.235. The van der Waals surface area contributed by atoms with Gasteiger partial charge in [-0.25, -0.2) is 4.98 Å². The maximum atomic E-state index is 12.6. The number of piperazine rings is 1. The van der Waals surface area contributed by atoms with Crippen LogP contribution in [-0.4, -0.2) is 40.8 Å². The molecule has 0 radical (unpaired) electrons. The quantitative estimate of drug-likeness (QED) is 0.905. The molecule has 0 saturated carbocycles. The molecule has 7 heteroatoms. The minimum Gasteiger partial charge on any atom is -0.384 e. The van der Waals surface area contributed by atoms with E-state index < -0.39 is 0 Å². The average Bonchev–Trinajstić information content (AvgIpc) is 2.57. The normalized spacial score (nSPS) is 17.9. The molecule has 1 atom stereocenters. The molecule has 2 aromatic rings. The Morgan fingerprint density at radius 3 is 2.58 bits per heavy atom. The number of nitrogen functional groups attached to an aromatic ring is 1. The molecule has 2 heterocycles. The van der Waals surface area contributed by atoms with Gasteiger partial charge in [0.25, 0.3) is 5.91 Å². The second-order valence-electron chi connectivity index (χ2n) is 5.73. The van der Waals surface area contributed by atoms with Crippen molar-refractivity contribution in [1.29, 1.82) is 0 Å². The smallest absolute Gasteiger partial charge is 0.256 e. The van der Waals surface area contributed by atoms with E-state index in [1.54, 1.807) is 46.2 Å². The summed E-state index contributed by atoms with van der Waals surface area (Å²) in [5.41, 5.74) is 6.74. The van der Waals surface area contributed by atoms with Crippen molar-refractivity contribution in [1.82, 2.24) is 9.88 Å². The van der Waals surface area contributed by atoms with Gasteiger partial charge in [-0.2, -0.15) is 0 Å². The molecule has 2 amide bonds. The largest absolute Gasteiger partial charge is 0.384 e. The minimum absolute atomic E-state index is 0.0208. The lowest BCUT2D eigenvalue weighted by Crippen LogP contribution is -2.57. The fourth-order valence-electron chi connectivity index (χ4n) is 2.69. The molecule has 0 bridgehead atoms. The third-order valence-electron chi connectivity index (χ3n) is 4.02. The maximum Gasteiger partial charge on any atom is 0.256 e. The van der Waals surface area contributed by atoms with Crippen molar-refractivity contribution >= 4 is 34.9 Å². The number of amides is 2. The van der Waals surface area contributed by atoms with E-state index >= 15 is 0 Å². The Labute approximate surface area is 144 Å². The van der Waals surface area contributed by atoms with Gasteiger partial charge in [-0.15, -0.1) is 0 Å². The van der Waals surface area contributed by atoms with Gasteiger partial charge in [0.2, 0.25) is 5.91 Å². The maximum absolute atomic E-state index is 12.6. The molecule has 1 fully saturated rings. The fourth-order valence-corrected chi connectivity index (χ4v) is 2.82. The second-order valence-corrected chi connectivity index (χ2v) is 6.17. The number of aromatic nitrogens is 1. The van der Waals surface area contributed by atoms with E-state index in [0.29, 0.717) is 22.9 Å². The Hall–Kier alpha value is -2.60. The van der Waals surface area contributed by atoms with Crippen LogP contribution < -0.4 is 10.6 Å². The van der Waals surface area contributed by atoms with Gasteiger partial charge in [-0.1, -0.05) is 11.6 Å². The second kappa shape index (κ2) is 6.49. The molecule has 1 unspecified atom stereocenters. The summed E-state index contributed by atoms with van der Waals surface area (Å²) < 4.78 is 0. The number of hydrogen-bond donors (Lipinski definition) is 1. The van der Waals surface area contributed by atoms with Crippen LogP contribution in [0.1, 0.15) is 17.3 Å². The van der Waals surface area contributed by atoms with Crippen molar-refractivity contribution in [2.24, 2.45) is 0 Å². The van der Waals surface area contributed by atoms with Crippen molar-refractivity contribution in [3.8, 4) is 0 Å². The van der Waals surface area contributed by atoms with Crippen LogP contribution in [0, 0.1) is 0 Å². The molecule has 0 aliphatic carbocycles. The van der Waals surface area contributed by atoms with Crippen LogP contribution in [0.5, 0.6) is 0 Å². The number of carbonyl (C=O) groups excluding carboxylic acids is 2. The van der Waals surface area contributed by atoms with Crippen LogP contribution in [0.3, 0.4) is 0 Å². The van der Waals surface area contributed by atoms with Gasteiger partial charge < -0.3 is 15.5 Å². The number of rotatable bonds is 2. The number of anilines is 2. The van der Waals surface area contributed by atoms with Crippen LogP contribution in [-0.2, 0) is 4.79 Å². The Morgan fingerprint density at radius 1 is 1.25 bits per heavy atom. The third kappa shape index (κ3) is 3.19. The lowest BCUT2D eigenvalue weighted by atomic mass is 10.1. The highest BCUT2D eigenvalue weighted by Crippen LogP contribution is 2.23. The van der Waals surface area contributed by atoms with E-state index in [-0.39, 0.29) is 24.4 Å². The Bertz CT molecular complexity index is 761. The van der Waals surface area contributed by atoms with Crippen molar-refractivity contribution in [2.75, 3.05) is 23.7 Å². The summed E-state index contributed by atoms with van der Waals surface area (Å²) in [5.74, 6) is -0.00508. The molecular formula is C17H17ClN4O2. The standard InChI is InChI=1S/C17H17ClN4O2/c1-11-9-22(14-5-3-13(18)4-6-14)16(23)10-21(11)17(24)12-2-7-15(19)20-8-12/h2-8,11H,9-10H2,1H3,(H2,19,20). The van der Waals surface area contributed by atoms with Crippen LogP contribution >= 0.6 is 11.6 Å². The number of hydrogen-bond acceptors (Lipinski definition) is 4. The third-order valence-corrected chi connectivity index (χ3v) is 4.27. The Kier molecular flexibility index (Phi) is 4.40.